The smallest absolute Gasteiger partial charge is 0.141 e. The van der Waals surface area contributed by atoms with E-state index < -0.39 is 0 Å². The van der Waals surface area contributed by atoms with Gasteiger partial charge in [0.2, 0.25) is 0 Å². The van der Waals surface area contributed by atoms with Gasteiger partial charge in [0, 0.05) is 6.20 Å². The number of rotatable bonds is 2. The van der Waals surface area contributed by atoms with Crippen LogP contribution in [-0.4, -0.2) is 9.97 Å². The van der Waals surface area contributed by atoms with Gasteiger partial charge in [-0.25, -0.2) is 9.97 Å². The summed E-state index contributed by atoms with van der Waals surface area (Å²) in [5.41, 5.74) is 7.12. The zero-order chi connectivity index (χ0) is 13.1. The summed E-state index contributed by atoms with van der Waals surface area (Å²) in [4.78, 5) is 9.03. The van der Waals surface area contributed by atoms with Crippen molar-refractivity contribution in [1.29, 1.82) is 0 Å². The third kappa shape index (κ3) is 2.21. The molecule has 1 saturated carbocycles. The minimum absolute atomic E-state index is 0.0467. The topological polar surface area (TPSA) is 51.8 Å². The average molecular weight is 253 g/mol. The Morgan fingerprint density at radius 2 is 1.68 bits per heavy atom. The molecule has 0 saturated heterocycles. The lowest BCUT2D eigenvalue weighted by Gasteiger charge is -2.36. The van der Waals surface area contributed by atoms with E-state index >= 15 is 0 Å². The molecular formula is C16H19N3. The van der Waals surface area contributed by atoms with Gasteiger partial charge < -0.3 is 5.73 Å². The van der Waals surface area contributed by atoms with Gasteiger partial charge in [0.05, 0.1) is 5.41 Å². The van der Waals surface area contributed by atoms with Crippen molar-refractivity contribution in [3.05, 3.63) is 54.0 Å². The van der Waals surface area contributed by atoms with Gasteiger partial charge >= 0.3 is 0 Å². The largest absolute Gasteiger partial charge is 0.384 e. The average Bonchev–Trinajstić information content (AvgIpc) is 2.49. The van der Waals surface area contributed by atoms with Crippen molar-refractivity contribution < 1.29 is 0 Å². The lowest BCUT2D eigenvalue weighted by atomic mass is 9.69. The highest BCUT2D eigenvalue weighted by molar-refractivity contribution is 5.36. The van der Waals surface area contributed by atoms with Gasteiger partial charge in [0.1, 0.15) is 11.6 Å². The summed E-state index contributed by atoms with van der Waals surface area (Å²) in [7, 11) is 0. The first kappa shape index (κ1) is 12.2. The Bertz CT molecular complexity index is 545. The van der Waals surface area contributed by atoms with Gasteiger partial charge in [-0.3, -0.25) is 0 Å². The predicted octanol–water partition coefficient (Wildman–Crippen LogP) is 3.31. The Morgan fingerprint density at radius 1 is 0.947 bits per heavy atom. The molecule has 0 unspecified atom stereocenters. The first-order valence-electron chi connectivity index (χ1n) is 6.96. The van der Waals surface area contributed by atoms with Crippen LogP contribution < -0.4 is 5.73 Å². The second kappa shape index (κ2) is 5.00. The Labute approximate surface area is 113 Å². The number of hydrogen-bond acceptors (Lipinski definition) is 3. The van der Waals surface area contributed by atoms with E-state index in [-0.39, 0.29) is 5.41 Å². The van der Waals surface area contributed by atoms with E-state index in [0.29, 0.717) is 5.82 Å². The fourth-order valence-corrected chi connectivity index (χ4v) is 3.16. The maximum absolute atomic E-state index is 5.85. The van der Waals surface area contributed by atoms with Crippen LogP contribution in [-0.2, 0) is 5.41 Å². The van der Waals surface area contributed by atoms with E-state index in [2.05, 4.69) is 40.3 Å². The SMILES string of the molecule is Nc1ccnc(C2(c3ccccc3)CCCCC2)n1. The van der Waals surface area contributed by atoms with Crippen LogP contribution in [0.5, 0.6) is 0 Å². The summed E-state index contributed by atoms with van der Waals surface area (Å²) >= 11 is 0. The molecule has 1 aliphatic rings. The quantitative estimate of drug-likeness (QED) is 0.893. The summed E-state index contributed by atoms with van der Waals surface area (Å²) in [5.74, 6) is 1.45. The summed E-state index contributed by atoms with van der Waals surface area (Å²) in [5, 5.41) is 0. The van der Waals surface area contributed by atoms with Crippen LogP contribution in [0.4, 0.5) is 5.82 Å². The monoisotopic (exact) mass is 253 g/mol. The molecule has 1 heterocycles. The second-order valence-electron chi connectivity index (χ2n) is 5.31. The van der Waals surface area contributed by atoms with E-state index in [1.165, 1.54) is 24.8 Å². The number of nitrogens with zero attached hydrogens (tertiary/aromatic N) is 2. The molecule has 0 aliphatic heterocycles. The second-order valence-corrected chi connectivity index (χ2v) is 5.31. The van der Waals surface area contributed by atoms with Crippen LogP contribution in [0.15, 0.2) is 42.6 Å². The van der Waals surface area contributed by atoms with Crippen LogP contribution >= 0.6 is 0 Å². The fourth-order valence-electron chi connectivity index (χ4n) is 3.16. The molecule has 1 fully saturated rings. The van der Waals surface area contributed by atoms with E-state index in [9.17, 15) is 0 Å². The third-order valence-corrected chi connectivity index (χ3v) is 4.14. The first-order valence-corrected chi connectivity index (χ1v) is 6.96. The molecule has 0 atom stereocenters. The minimum Gasteiger partial charge on any atom is -0.384 e. The highest BCUT2D eigenvalue weighted by atomic mass is 15.0. The Kier molecular flexibility index (Phi) is 3.20. The van der Waals surface area contributed by atoms with Gasteiger partial charge in [-0.2, -0.15) is 0 Å². The molecule has 2 N–H and O–H groups in total. The first-order chi connectivity index (χ1) is 9.31. The molecular weight excluding hydrogens is 234 g/mol. The Hall–Kier alpha value is -1.90. The molecule has 3 nitrogen and oxygen atoms in total. The van der Waals surface area contributed by atoms with Crippen LogP contribution in [0.1, 0.15) is 43.5 Å². The van der Waals surface area contributed by atoms with Gasteiger partial charge in [-0.1, -0.05) is 49.6 Å². The molecule has 0 bridgehead atoms. The molecule has 1 aromatic heterocycles. The molecule has 1 aromatic carbocycles. The van der Waals surface area contributed by atoms with Crippen molar-refractivity contribution in [2.75, 3.05) is 5.73 Å². The highest BCUT2D eigenvalue weighted by Gasteiger charge is 2.38. The van der Waals surface area contributed by atoms with Crippen LogP contribution in [0.25, 0.3) is 0 Å². The molecule has 0 spiro atoms. The van der Waals surface area contributed by atoms with E-state index in [0.717, 1.165) is 18.7 Å². The van der Waals surface area contributed by atoms with Crippen LogP contribution in [0.2, 0.25) is 0 Å². The van der Waals surface area contributed by atoms with Gasteiger partial charge in [-0.15, -0.1) is 0 Å². The summed E-state index contributed by atoms with van der Waals surface area (Å²) in [6, 6.07) is 12.4. The lowest BCUT2D eigenvalue weighted by Crippen LogP contribution is -2.32. The molecule has 19 heavy (non-hydrogen) atoms. The number of aromatic nitrogens is 2. The summed E-state index contributed by atoms with van der Waals surface area (Å²) in [6.07, 6.45) is 7.76. The molecule has 3 heteroatoms. The van der Waals surface area contributed by atoms with Crippen LogP contribution in [0, 0.1) is 0 Å². The van der Waals surface area contributed by atoms with Crippen molar-refractivity contribution in [3.63, 3.8) is 0 Å². The normalized spacial score (nSPS) is 18.1. The molecule has 1 aliphatic carbocycles. The Morgan fingerprint density at radius 3 is 2.37 bits per heavy atom. The van der Waals surface area contributed by atoms with E-state index in [1.54, 1.807) is 12.3 Å². The molecule has 0 amide bonds. The number of nitrogens with two attached hydrogens (primary N) is 1. The van der Waals surface area contributed by atoms with Crippen LogP contribution in [0.3, 0.4) is 0 Å². The number of benzene rings is 1. The summed E-state index contributed by atoms with van der Waals surface area (Å²) in [6.45, 7) is 0. The highest BCUT2D eigenvalue weighted by Crippen LogP contribution is 2.43. The van der Waals surface area contributed by atoms with Crippen molar-refractivity contribution in [2.45, 2.75) is 37.5 Å². The third-order valence-electron chi connectivity index (χ3n) is 4.14. The zero-order valence-electron chi connectivity index (χ0n) is 11.0. The van der Waals surface area contributed by atoms with Crippen molar-refractivity contribution >= 4 is 5.82 Å². The van der Waals surface area contributed by atoms with E-state index in [1.807, 2.05) is 0 Å². The predicted molar refractivity (Wildman–Crippen MR) is 76.8 cm³/mol. The molecule has 3 rings (SSSR count). The Balaban J connectivity index is 2.12. The fraction of sp³-hybridized carbons (Fsp3) is 0.375. The van der Waals surface area contributed by atoms with E-state index in [4.69, 9.17) is 5.73 Å². The van der Waals surface area contributed by atoms with Crippen molar-refractivity contribution in [1.82, 2.24) is 9.97 Å². The number of anilines is 1. The molecule has 0 radical (unpaired) electrons. The maximum Gasteiger partial charge on any atom is 0.141 e. The van der Waals surface area contributed by atoms with Crippen molar-refractivity contribution in [3.8, 4) is 0 Å². The summed E-state index contributed by atoms with van der Waals surface area (Å²) < 4.78 is 0. The standard InChI is InChI=1S/C16H19N3/c17-14-9-12-18-15(19-14)16(10-5-2-6-11-16)13-7-3-1-4-8-13/h1,3-4,7-9,12H,2,5-6,10-11H2,(H2,17,18,19). The molecule has 98 valence electrons. The maximum atomic E-state index is 5.85. The number of hydrogen-bond donors (Lipinski definition) is 1. The van der Waals surface area contributed by atoms with Crippen molar-refractivity contribution in [2.24, 2.45) is 0 Å². The van der Waals surface area contributed by atoms with Gasteiger partial charge in [0.15, 0.2) is 0 Å². The zero-order valence-corrected chi connectivity index (χ0v) is 11.0. The lowest BCUT2D eigenvalue weighted by molar-refractivity contribution is 0.330. The van der Waals surface area contributed by atoms with Gasteiger partial charge in [0.25, 0.3) is 0 Å². The minimum atomic E-state index is -0.0467. The van der Waals surface area contributed by atoms with Gasteiger partial charge in [-0.05, 0) is 24.5 Å². The number of nitrogen functional groups attached to an aromatic ring is 1. The molecule has 2 aromatic rings.